The molecule has 0 aromatic heterocycles. The molecule has 1 N–H and O–H groups in total. The number of halogens is 1. The van der Waals surface area contributed by atoms with E-state index in [1.54, 1.807) is 0 Å². The average molecular weight is 254 g/mol. The molecule has 0 spiro atoms. The number of fused-ring (bicyclic) bond motifs is 1. The fraction of sp³-hybridized carbons (Fsp3) is 0.364. The number of hydrogen-bond acceptors (Lipinski definition) is 1. The van der Waals surface area contributed by atoms with Crippen molar-refractivity contribution in [2.75, 3.05) is 0 Å². The van der Waals surface area contributed by atoms with Gasteiger partial charge in [-0.05, 0) is 36.6 Å². The van der Waals surface area contributed by atoms with Crippen LogP contribution < -0.4 is 5.32 Å². The van der Waals surface area contributed by atoms with Crippen LogP contribution in [0.3, 0.4) is 0 Å². The maximum absolute atomic E-state index is 11.5. The highest BCUT2D eigenvalue weighted by Gasteiger charge is 2.26. The van der Waals surface area contributed by atoms with E-state index < -0.39 is 0 Å². The normalized spacial score (nSPS) is 20.2. The zero-order valence-electron chi connectivity index (χ0n) is 8.23. The summed E-state index contributed by atoms with van der Waals surface area (Å²) in [4.78, 5) is 11.5. The first-order chi connectivity index (χ1) is 6.61. The summed E-state index contributed by atoms with van der Waals surface area (Å²) < 4.78 is 1.09. The van der Waals surface area contributed by atoms with Gasteiger partial charge in [-0.2, -0.15) is 0 Å². The Labute approximate surface area is 91.8 Å². The van der Waals surface area contributed by atoms with Crippen LogP contribution in [0.1, 0.15) is 29.5 Å². The van der Waals surface area contributed by atoms with Crippen LogP contribution in [0.25, 0.3) is 0 Å². The van der Waals surface area contributed by atoms with E-state index in [-0.39, 0.29) is 11.8 Å². The van der Waals surface area contributed by atoms with Crippen molar-refractivity contribution in [3.63, 3.8) is 0 Å². The number of amides is 1. The molecule has 1 unspecified atom stereocenters. The molecule has 3 heteroatoms. The molecular weight excluding hydrogens is 242 g/mol. The van der Waals surface area contributed by atoms with Crippen molar-refractivity contribution in [1.82, 2.24) is 5.32 Å². The van der Waals surface area contributed by atoms with Gasteiger partial charge in [-0.15, -0.1) is 0 Å². The van der Waals surface area contributed by atoms with Gasteiger partial charge in [0.15, 0.2) is 0 Å². The van der Waals surface area contributed by atoms with E-state index in [4.69, 9.17) is 0 Å². The van der Waals surface area contributed by atoms with Crippen molar-refractivity contribution < 1.29 is 4.79 Å². The van der Waals surface area contributed by atoms with Crippen LogP contribution >= 0.6 is 15.9 Å². The minimum absolute atomic E-state index is 0.0313. The summed E-state index contributed by atoms with van der Waals surface area (Å²) in [6.45, 7) is 4.65. The van der Waals surface area contributed by atoms with Crippen LogP contribution in [0.15, 0.2) is 16.6 Å². The van der Waals surface area contributed by atoms with E-state index in [2.05, 4.69) is 34.2 Å². The highest BCUT2D eigenvalue weighted by Crippen LogP contribution is 2.32. The molecule has 0 radical (unpaired) electrons. The van der Waals surface area contributed by atoms with Gasteiger partial charge in [0.05, 0.1) is 5.92 Å². The third kappa shape index (κ3) is 1.36. The molecular formula is C11H12BrNO. The minimum Gasteiger partial charge on any atom is -0.351 e. The van der Waals surface area contributed by atoms with E-state index in [1.165, 1.54) is 16.7 Å². The smallest absolute Gasteiger partial charge is 0.227 e. The van der Waals surface area contributed by atoms with Gasteiger partial charge in [0, 0.05) is 11.0 Å². The lowest BCUT2D eigenvalue weighted by Gasteiger charge is -2.25. The molecule has 1 amide bonds. The second kappa shape index (κ2) is 3.39. The first kappa shape index (κ1) is 9.71. The highest BCUT2D eigenvalue weighted by molar-refractivity contribution is 9.10. The predicted molar refractivity (Wildman–Crippen MR) is 59.1 cm³/mol. The number of hydrogen-bond donors (Lipinski definition) is 1. The lowest BCUT2D eigenvalue weighted by Crippen LogP contribution is -2.34. The Morgan fingerprint density at radius 1 is 1.50 bits per heavy atom. The van der Waals surface area contributed by atoms with Gasteiger partial charge in [-0.1, -0.05) is 22.0 Å². The Morgan fingerprint density at radius 3 is 2.93 bits per heavy atom. The number of carbonyl (C=O) groups excluding carboxylic acids is 1. The molecule has 0 saturated carbocycles. The van der Waals surface area contributed by atoms with Crippen LogP contribution in [-0.4, -0.2) is 5.91 Å². The Morgan fingerprint density at radius 2 is 2.21 bits per heavy atom. The van der Waals surface area contributed by atoms with Gasteiger partial charge >= 0.3 is 0 Å². The van der Waals surface area contributed by atoms with Gasteiger partial charge < -0.3 is 5.32 Å². The quantitative estimate of drug-likeness (QED) is 0.757. The number of aryl methyl sites for hydroxylation is 1. The third-order valence-electron chi connectivity index (χ3n) is 2.78. The molecule has 1 aromatic carbocycles. The van der Waals surface area contributed by atoms with Crippen LogP contribution in [0.5, 0.6) is 0 Å². The summed E-state index contributed by atoms with van der Waals surface area (Å²) >= 11 is 3.51. The van der Waals surface area contributed by atoms with Gasteiger partial charge in [0.2, 0.25) is 5.91 Å². The number of carbonyl (C=O) groups is 1. The molecule has 1 heterocycles. The van der Waals surface area contributed by atoms with Crippen LogP contribution in [-0.2, 0) is 11.3 Å². The molecule has 0 fully saturated rings. The van der Waals surface area contributed by atoms with Gasteiger partial charge in [0.1, 0.15) is 0 Å². The standard InChI is InChI=1S/C11H12BrNO/c1-6-3-4-9(12)8-5-13-11(14)7(2)10(6)8/h3-4,7H,5H2,1-2H3,(H,13,14). The van der Waals surface area contributed by atoms with Crippen LogP contribution in [0, 0.1) is 6.92 Å². The number of rotatable bonds is 0. The third-order valence-corrected chi connectivity index (χ3v) is 3.53. The Bertz CT molecular complexity index is 401. The average Bonchev–Trinajstić information content (AvgIpc) is 2.16. The van der Waals surface area contributed by atoms with E-state index >= 15 is 0 Å². The van der Waals surface area contributed by atoms with Crippen LogP contribution in [0.2, 0.25) is 0 Å². The summed E-state index contributed by atoms with van der Waals surface area (Å²) in [5, 5.41) is 2.89. The molecule has 74 valence electrons. The molecule has 0 bridgehead atoms. The van der Waals surface area contributed by atoms with Crippen LogP contribution in [0.4, 0.5) is 0 Å². The maximum Gasteiger partial charge on any atom is 0.227 e. The SMILES string of the molecule is Cc1ccc(Br)c2c1C(C)C(=O)NC2. The maximum atomic E-state index is 11.5. The molecule has 2 rings (SSSR count). The van der Waals surface area contributed by atoms with E-state index in [0.717, 1.165) is 4.47 Å². The highest BCUT2D eigenvalue weighted by atomic mass is 79.9. The number of benzene rings is 1. The fourth-order valence-corrected chi connectivity index (χ4v) is 2.48. The largest absolute Gasteiger partial charge is 0.351 e. The van der Waals surface area contributed by atoms with Crippen molar-refractivity contribution in [2.45, 2.75) is 26.3 Å². The Balaban J connectivity index is 2.64. The predicted octanol–water partition coefficient (Wildman–Crippen LogP) is 2.49. The van der Waals surface area contributed by atoms with Gasteiger partial charge in [0.25, 0.3) is 0 Å². The van der Waals surface area contributed by atoms with E-state index in [9.17, 15) is 4.79 Å². The molecule has 1 aliphatic heterocycles. The molecule has 14 heavy (non-hydrogen) atoms. The summed E-state index contributed by atoms with van der Waals surface area (Å²) in [5.74, 6) is 0.0925. The summed E-state index contributed by atoms with van der Waals surface area (Å²) in [5.41, 5.74) is 3.60. The topological polar surface area (TPSA) is 29.1 Å². The Hall–Kier alpha value is -0.830. The summed E-state index contributed by atoms with van der Waals surface area (Å²) in [6.07, 6.45) is 0. The molecule has 1 aliphatic rings. The van der Waals surface area contributed by atoms with Crippen molar-refractivity contribution in [1.29, 1.82) is 0 Å². The second-order valence-electron chi connectivity index (χ2n) is 3.70. The van der Waals surface area contributed by atoms with Crippen molar-refractivity contribution >= 4 is 21.8 Å². The van der Waals surface area contributed by atoms with E-state index in [1.807, 2.05) is 13.0 Å². The lowest BCUT2D eigenvalue weighted by molar-refractivity contribution is -0.122. The fourth-order valence-electron chi connectivity index (χ4n) is 2.00. The Kier molecular flexibility index (Phi) is 2.35. The zero-order chi connectivity index (χ0) is 10.3. The monoisotopic (exact) mass is 253 g/mol. The van der Waals surface area contributed by atoms with Crippen molar-refractivity contribution in [3.8, 4) is 0 Å². The lowest BCUT2D eigenvalue weighted by atomic mass is 9.88. The molecule has 0 aliphatic carbocycles. The summed E-state index contributed by atoms with van der Waals surface area (Å²) in [7, 11) is 0. The molecule has 0 saturated heterocycles. The second-order valence-corrected chi connectivity index (χ2v) is 4.55. The minimum atomic E-state index is -0.0313. The van der Waals surface area contributed by atoms with Crippen molar-refractivity contribution in [2.24, 2.45) is 0 Å². The van der Waals surface area contributed by atoms with E-state index in [0.29, 0.717) is 6.54 Å². The van der Waals surface area contributed by atoms with Crippen molar-refractivity contribution in [3.05, 3.63) is 33.3 Å². The first-order valence-corrected chi connectivity index (χ1v) is 5.46. The van der Waals surface area contributed by atoms with Gasteiger partial charge in [-0.25, -0.2) is 0 Å². The first-order valence-electron chi connectivity index (χ1n) is 4.67. The zero-order valence-corrected chi connectivity index (χ0v) is 9.81. The molecule has 1 atom stereocenters. The number of nitrogens with one attached hydrogen (secondary N) is 1. The molecule has 2 nitrogen and oxygen atoms in total. The summed E-state index contributed by atoms with van der Waals surface area (Å²) in [6, 6.07) is 4.09. The molecule has 1 aromatic rings. The van der Waals surface area contributed by atoms with Gasteiger partial charge in [-0.3, -0.25) is 4.79 Å².